The number of aliphatic carboxylic acids is 1. The molecule has 1 unspecified atom stereocenters. The number of amides is 2. The van der Waals surface area contributed by atoms with E-state index in [1.54, 1.807) is 13.8 Å². The fraction of sp³-hybridized carbons (Fsp3) is 0.750. The summed E-state index contributed by atoms with van der Waals surface area (Å²) in [7, 11) is 0. The summed E-state index contributed by atoms with van der Waals surface area (Å²) >= 11 is 0. The smallest absolute Gasteiger partial charge is 0.320 e. The summed E-state index contributed by atoms with van der Waals surface area (Å²) in [5.41, 5.74) is 0.555. The molecule has 0 radical (unpaired) electrons. The molecule has 118 valence electrons. The Balaban J connectivity index is 2.01. The molecule has 2 amide bonds. The van der Waals surface area contributed by atoms with Crippen LogP contribution in [0.5, 0.6) is 0 Å². The molecule has 2 rings (SSSR count). The van der Waals surface area contributed by atoms with Gasteiger partial charge >= 0.3 is 12.0 Å². The molecule has 1 atom stereocenters. The molecular formula is C16H26N2O3. The highest BCUT2D eigenvalue weighted by Crippen LogP contribution is 2.34. The Kier molecular flexibility index (Phi) is 4.59. The molecule has 0 spiro atoms. The molecule has 2 heterocycles. The average Bonchev–Trinajstić information content (AvgIpc) is 2.47. The summed E-state index contributed by atoms with van der Waals surface area (Å²) in [6.45, 7) is 8.36. The third-order valence-electron chi connectivity index (χ3n) is 4.97. The number of hydrogen-bond donors (Lipinski definition) is 1. The maximum atomic E-state index is 12.6. The Bertz CT molecular complexity index is 456. The molecule has 2 aliphatic heterocycles. The molecule has 0 aliphatic carbocycles. The van der Waals surface area contributed by atoms with Gasteiger partial charge in [0.2, 0.25) is 0 Å². The minimum atomic E-state index is -0.780. The fourth-order valence-corrected chi connectivity index (χ4v) is 3.06. The van der Waals surface area contributed by atoms with Crippen molar-refractivity contribution < 1.29 is 14.7 Å². The van der Waals surface area contributed by atoms with Crippen molar-refractivity contribution in [2.75, 3.05) is 26.2 Å². The second kappa shape index (κ2) is 6.08. The van der Waals surface area contributed by atoms with E-state index in [2.05, 4.69) is 13.0 Å². The van der Waals surface area contributed by atoms with Crippen molar-refractivity contribution in [1.82, 2.24) is 9.80 Å². The number of urea groups is 1. The number of carbonyl (C=O) groups excluding carboxylic acids is 1. The summed E-state index contributed by atoms with van der Waals surface area (Å²) in [5, 5.41) is 9.37. The van der Waals surface area contributed by atoms with Crippen LogP contribution in [0.1, 0.15) is 40.0 Å². The molecular weight excluding hydrogens is 268 g/mol. The van der Waals surface area contributed by atoms with Crippen molar-refractivity contribution in [2.24, 2.45) is 11.3 Å². The van der Waals surface area contributed by atoms with Gasteiger partial charge in [-0.15, -0.1) is 0 Å². The lowest BCUT2D eigenvalue weighted by Crippen LogP contribution is -2.51. The first-order chi connectivity index (χ1) is 9.82. The van der Waals surface area contributed by atoms with Crippen LogP contribution in [0, 0.1) is 11.3 Å². The Morgan fingerprint density at radius 2 is 2.00 bits per heavy atom. The van der Waals surface area contributed by atoms with Gasteiger partial charge in [0.05, 0.1) is 5.41 Å². The van der Waals surface area contributed by atoms with E-state index < -0.39 is 11.4 Å². The molecule has 0 aromatic heterocycles. The van der Waals surface area contributed by atoms with Crippen LogP contribution >= 0.6 is 0 Å². The zero-order valence-electron chi connectivity index (χ0n) is 13.3. The van der Waals surface area contributed by atoms with Crippen LogP contribution in [-0.4, -0.2) is 53.1 Å². The molecule has 5 nitrogen and oxygen atoms in total. The van der Waals surface area contributed by atoms with Gasteiger partial charge in [0.15, 0.2) is 0 Å². The van der Waals surface area contributed by atoms with E-state index in [-0.39, 0.29) is 11.9 Å². The number of likely N-dealkylation sites (tertiary alicyclic amines) is 1. The molecule has 0 aromatic carbocycles. The van der Waals surface area contributed by atoms with Crippen LogP contribution in [0.15, 0.2) is 11.6 Å². The summed E-state index contributed by atoms with van der Waals surface area (Å²) in [4.78, 5) is 27.7. The van der Waals surface area contributed by atoms with Crippen molar-refractivity contribution in [3.8, 4) is 0 Å². The predicted molar refractivity (Wildman–Crippen MR) is 81.1 cm³/mol. The van der Waals surface area contributed by atoms with Gasteiger partial charge in [-0.1, -0.05) is 11.6 Å². The number of hydrogen-bond acceptors (Lipinski definition) is 2. The van der Waals surface area contributed by atoms with Crippen LogP contribution in [0.2, 0.25) is 0 Å². The monoisotopic (exact) mass is 294 g/mol. The fourth-order valence-electron chi connectivity index (χ4n) is 3.06. The highest BCUT2D eigenvalue weighted by molar-refractivity contribution is 5.76. The van der Waals surface area contributed by atoms with Gasteiger partial charge in [0.25, 0.3) is 0 Å². The highest BCUT2D eigenvalue weighted by atomic mass is 16.4. The summed E-state index contributed by atoms with van der Waals surface area (Å²) in [5.74, 6) is -0.756. The number of carbonyl (C=O) groups is 2. The number of rotatable bonds is 2. The Labute approximate surface area is 126 Å². The van der Waals surface area contributed by atoms with Crippen LogP contribution < -0.4 is 0 Å². The zero-order chi connectivity index (χ0) is 15.6. The summed E-state index contributed by atoms with van der Waals surface area (Å²) < 4.78 is 0. The Morgan fingerprint density at radius 3 is 2.57 bits per heavy atom. The van der Waals surface area contributed by atoms with E-state index in [1.807, 2.05) is 9.80 Å². The molecule has 0 bridgehead atoms. The van der Waals surface area contributed by atoms with Crippen molar-refractivity contribution in [1.29, 1.82) is 0 Å². The first-order valence-electron chi connectivity index (χ1n) is 7.75. The van der Waals surface area contributed by atoms with Crippen LogP contribution in [0.3, 0.4) is 0 Å². The van der Waals surface area contributed by atoms with Crippen LogP contribution in [0.4, 0.5) is 4.79 Å². The molecule has 21 heavy (non-hydrogen) atoms. The number of carboxylic acids is 1. The minimum absolute atomic E-state index is 0.0229. The lowest BCUT2D eigenvalue weighted by Gasteiger charge is -2.41. The third-order valence-corrected chi connectivity index (χ3v) is 4.97. The van der Waals surface area contributed by atoms with E-state index in [1.165, 1.54) is 5.57 Å². The van der Waals surface area contributed by atoms with Gasteiger partial charge in [-0.3, -0.25) is 4.79 Å². The van der Waals surface area contributed by atoms with Gasteiger partial charge in [0, 0.05) is 26.2 Å². The van der Waals surface area contributed by atoms with Gasteiger partial charge in [-0.25, -0.2) is 4.79 Å². The topological polar surface area (TPSA) is 60.9 Å². The SMILES string of the molecule is CC1=CCN(C(=O)N2CCCC(C(C)(C)C(=O)O)C2)CC1. The predicted octanol–water partition coefficient (Wildman–Crippen LogP) is 2.58. The molecule has 1 saturated heterocycles. The summed E-state index contributed by atoms with van der Waals surface area (Å²) in [6, 6.07) is 0.0599. The second-order valence-electron chi connectivity index (χ2n) is 6.84. The number of nitrogens with zero attached hydrogens (tertiary/aromatic N) is 2. The Hall–Kier alpha value is -1.52. The molecule has 5 heteroatoms. The standard InChI is InChI=1S/C16H26N2O3/c1-12-6-9-17(10-7-12)15(21)18-8-4-5-13(11-18)16(2,3)14(19)20/h6,13H,4-5,7-11H2,1-3H3,(H,19,20). The molecule has 0 saturated carbocycles. The van der Waals surface area contributed by atoms with E-state index in [9.17, 15) is 14.7 Å². The van der Waals surface area contributed by atoms with E-state index >= 15 is 0 Å². The zero-order valence-corrected chi connectivity index (χ0v) is 13.3. The van der Waals surface area contributed by atoms with E-state index in [0.29, 0.717) is 13.1 Å². The lowest BCUT2D eigenvalue weighted by molar-refractivity contribution is -0.151. The van der Waals surface area contributed by atoms with Crippen LogP contribution in [0.25, 0.3) is 0 Å². The third kappa shape index (κ3) is 3.39. The van der Waals surface area contributed by atoms with Gasteiger partial charge in [0.1, 0.15) is 0 Å². The van der Waals surface area contributed by atoms with Gasteiger partial charge in [-0.2, -0.15) is 0 Å². The van der Waals surface area contributed by atoms with E-state index in [0.717, 1.165) is 32.4 Å². The van der Waals surface area contributed by atoms with Gasteiger partial charge in [-0.05, 0) is 46.0 Å². The second-order valence-corrected chi connectivity index (χ2v) is 6.84. The first kappa shape index (κ1) is 15.9. The maximum absolute atomic E-state index is 12.6. The quantitative estimate of drug-likeness (QED) is 0.796. The van der Waals surface area contributed by atoms with Crippen molar-refractivity contribution in [3.05, 3.63) is 11.6 Å². The van der Waals surface area contributed by atoms with Crippen molar-refractivity contribution >= 4 is 12.0 Å². The molecule has 1 N–H and O–H groups in total. The van der Waals surface area contributed by atoms with Crippen molar-refractivity contribution in [3.63, 3.8) is 0 Å². The molecule has 1 fully saturated rings. The number of carboxylic acid groups (broad SMARTS) is 1. The molecule has 0 aromatic rings. The normalized spacial score (nSPS) is 23.8. The minimum Gasteiger partial charge on any atom is -0.481 e. The highest BCUT2D eigenvalue weighted by Gasteiger charge is 2.40. The lowest BCUT2D eigenvalue weighted by atomic mass is 9.74. The summed E-state index contributed by atoms with van der Waals surface area (Å²) in [6.07, 6.45) is 4.80. The first-order valence-corrected chi connectivity index (χ1v) is 7.75. The Morgan fingerprint density at radius 1 is 1.29 bits per heavy atom. The van der Waals surface area contributed by atoms with Gasteiger partial charge < -0.3 is 14.9 Å². The largest absolute Gasteiger partial charge is 0.481 e. The number of piperidine rings is 1. The van der Waals surface area contributed by atoms with Crippen molar-refractivity contribution in [2.45, 2.75) is 40.0 Å². The van der Waals surface area contributed by atoms with Crippen LogP contribution in [-0.2, 0) is 4.79 Å². The molecule has 2 aliphatic rings. The average molecular weight is 294 g/mol. The van der Waals surface area contributed by atoms with E-state index in [4.69, 9.17) is 0 Å². The maximum Gasteiger partial charge on any atom is 0.320 e.